The first-order valence-corrected chi connectivity index (χ1v) is 6.25. The second kappa shape index (κ2) is 4.97. The number of nitrogens with two attached hydrogens (primary N) is 2. The molecule has 1 saturated carbocycles. The highest BCUT2D eigenvalue weighted by Gasteiger charge is 2.36. The summed E-state index contributed by atoms with van der Waals surface area (Å²) < 4.78 is 38.6. The van der Waals surface area contributed by atoms with Gasteiger partial charge in [0.1, 0.15) is 0 Å². The number of amides is 1. The number of carbonyl (C=O) groups is 1. The molecule has 1 amide bonds. The molecule has 0 radical (unpaired) electrons. The van der Waals surface area contributed by atoms with E-state index in [0.29, 0.717) is 6.54 Å². The molecule has 0 heterocycles. The van der Waals surface area contributed by atoms with E-state index in [1.54, 1.807) is 0 Å². The minimum atomic E-state index is -4.63. The van der Waals surface area contributed by atoms with Crippen LogP contribution in [0.3, 0.4) is 0 Å². The van der Waals surface area contributed by atoms with Gasteiger partial charge >= 0.3 is 6.18 Å². The molecule has 0 spiro atoms. The standard InChI is InChI=1S/C13H16F3N3O/c14-13(15,16)10-6-8(2-3-9(10)11(17)20)19-7-12(18)4-1-5-12/h2-3,6,19H,1,4-5,7,18H2,(H2,17,20). The lowest BCUT2D eigenvalue weighted by Gasteiger charge is -2.38. The highest BCUT2D eigenvalue weighted by Crippen LogP contribution is 2.34. The molecule has 7 heteroatoms. The van der Waals surface area contributed by atoms with Crippen molar-refractivity contribution in [1.82, 2.24) is 0 Å². The molecule has 0 atom stereocenters. The molecule has 0 bridgehead atoms. The average molecular weight is 287 g/mol. The molecular formula is C13H16F3N3O. The van der Waals surface area contributed by atoms with Crippen LogP contribution in [0.15, 0.2) is 18.2 Å². The Morgan fingerprint density at radius 1 is 1.35 bits per heavy atom. The number of halogens is 3. The van der Waals surface area contributed by atoms with Crippen molar-refractivity contribution in [1.29, 1.82) is 0 Å². The van der Waals surface area contributed by atoms with Crippen molar-refractivity contribution in [2.45, 2.75) is 31.0 Å². The van der Waals surface area contributed by atoms with Crippen molar-refractivity contribution in [3.63, 3.8) is 0 Å². The third kappa shape index (κ3) is 3.04. The lowest BCUT2D eigenvalue weighted by molar-refractivity contribution is -0.137. The van der Waals surface area contributed by atoms with Crippen LogP contribution in [0.4, 0.5) is 18.9 Å². The molecule has 5 N–H and O–H groups in total. The van der Waals surface area contributed by atoms with E-state index in [2.05, 4.69) is 5.32 Å². The van der Waals surface area contributed by atoms with E-state index in [1.807, 2.05) is 0 Å². The lowest BCUT2D eigenvalue weighted by Crippen LogP contribution is -2.51. The van der Waals surface area contributed by atoms with Gasteiger partial charge in [0, 0.05) is 17.8 Å². The van der Waals surface area contributed by atoms with Crippen molar-refractivity contribution >= 4 is 11.6 Å². The molecule has 2 rings (SSSR count). The van der Waals surface area contributed by atoms with Gasteiger partial charge in [-0.3, -0.25) is 4.79 Å². The third-order valence-electron chi connectivity index (χ3n) is 3.58. The minimum Gasteiger partial charge on any atom is -0.383 e. The first-order chi connectivity index (χ1) is 9.21. The van der Waals surface area contributed by atoms with Gasteiger partial charge in [-0.05, 0) is 37.5 Å². The number of hydrogen-bond donors (Lipinski definition) is 3. The van der Waals surface area contributed by atoms with Crippen molar-refractivity contribution < 1.29 is 18.0 Å². The quantitative estimate of drug-likeness (QED) is 0.793. The predicted molar refractivity (Wildman–Crippen MR) is 69.2 cm³/mol. The number of anilines is 1. The van der Waals surface area contributed by atoms with Crippen molar-refractivity contribution in [3.8, 4) is 0 Å². The zero-order valence-electron chi connectivity index (χ0n) is 10.8. The molecule has 110 valence electrons. The Hall–Kier alpha value is -1.76. The zero-order valence-corrected chi connectivity index (χ0v) is 10.8. The van der Waals surface area contributed by atoms with Gasteiger partial charge in [0.05, 0.1) is 11.1 Å². The molecule has 1 aromatic rings. The van der Waals surface area contributed by atoms with Gasteiger partial charge in [-0.25, -0.2) is 0 Å². The maximum absolute atomic E-state index is 12.9. The monoisotopic (exact) mass is 287 g/mol. The van der Waals surface area contributed by atoms with E-state index < -0.39 is 23.2 Å². The second-order valence-electron chi connectivity index (χ2n) is 5.19. The fraction of sp³-hybridized carbons (Fsp3) is 0.462. The smallest absolute Gasteiger partial charge is 0.383 e. The molecule has 0 aliphatic heterocycles. The fourth-order valence-electron chi connectivity index (χ4n) is 2.19. The summed E-state index contributed by atoms with van der Waals surface area (Å²) in [6.45, 7) is 0.403. The summed E-state index contributed by atoms with van der Waals surface area (Å²) in [6.07, 6.45) is -1.89. The van der Waals surface area contributed by atoms with Crippen molar-refractivity contribution in [3.05, 3.63) is 29.3 Å². The molecule has 0 saturated heterocycles. The summed E-state index contributed by atoms with van der Waals surface area (Å²) >= 11 is 0. The summed E-state index contributed by atoms with van der Waals surface area (Å²) in [6, 6.07) is 3.37. The van der Waals surface area contributed by atoms with Crippen LogP contribution in [0.25, 0.3) is 0 Å². The van der Waals surface area contributed by atoms with Gasteiger partial charge in [-0.1, -0.05) is 0 Å². The highest BCUT2D eigenvalue weighted by molar-refractivity contribution is 5.95. The number of primary amides is 1. The van der Waals surface area contributed by atoms with Crippen LogP contribution in [0, 0.1) is 0 Å². The van der Waals surface area contributed by atoms with Crippen LogP contribution in [-0.2, 0) is 6.18 Å². The number of hydrogen-bond acceptors (Lipinski definition) is 3. The Morgan fingerprint density at radius 2 is 2.00 bits per heavy atom. The Kier molecular flexibility index (Phi) is 3.64. The first-order valence-electron chi connectivity index (χ1n) is 6.25. The van der Waals surface area contributed by atoms with E-state index in [-0.39, 0.29) is 11.2 Å². The number of rotatable bonds is 4. The Labute approximate surface area is 114 Å². The van der Waals surface area contributed by atoms with Crippen LogP contribution < -0.4 is 16.8 Å². The number of alkyl halides is 3. The first kappa shape index (κ1) is 14.6. The average Bonchev–Trinajstić information content (AvgIpc) is 2.32. The fourth-order valence-corrected chi connectivity index (χ4v) is 2.19. The van der Waals surface area contributed by atoms with Gasteiger partial charge in [0.2, 0.25) is 5.91 Å². The summed E-state index contributed by atoms with van der Waals surface area (Å²) in [5, 5.41) is 2.89. The van der Waals surface area contributed by atoms with Crippen LogP contribution in [0.5, 0.6) is 0 Å². The van der Waals surface area contributed by atoms with Gasteiger partial charge < -0.3 is 16.8 Å². The zero-order chi connectivity index (χ0) is 15.0. The van der Waals surface area contributed by atoms with E-state index in [0.717, 1.165) is 31.4 Å². The molecule has 0 unspecified atom stereocenters. The number of nitrogens with one attached hydrogen (secondary N) is 1. The third-order valence-corrected chi connectivity index (χ3v) is 3.58. The molecular weight excluding hydrogens is 271 g/mol. The molecule has 1 aliphatic carbocycles. The summed E-state index contributed by atoms with van der Waals surface area (Å²) in [5.41, 5.74) is 9.31. The summed E-state index contributed by atoms with van der Waals surface area (Å²) in [5.74, 6) is -1.10. The molecule has 1 aliphatic rings. The molecule has 1 fully saturated rings. The maximum atomic E-state index is 12.9. The van der Waals surface area contributed by atoms with Gasteiger partial charge in [0.15, 0.2) is 0 Å². The van der Waals surface area contributed by atoms with E-state index >= 15 is 0 Å². The van der Waals surface area contributed by atoms with Crippen LogP contribution >= 0.6 is 0 Å². The van der Waals surface area contributed by atoms with E-state index in [1.165, 1.54) is 6.07 Å². The van der Waals surface area contributed by atoms with Gasteiger partial charge in [-0.15, -0.1) is 0 Å². The normalized spacial score (nSPS) is 17.4. The minimum absolute atomic E-state index is 0.277. The number of benzene rings is 1. The molecule has 20 heavy (non-hydrogen) atoms. The van der Waals surface area contributed by atoms with Crippen LogP contribution in [-0.4, -0.2) is 18.0 Å². The topological polar surface area (TPSA) is 81.1 Å². The van der Waals surface area contributed by atoms with Gasteiger partial charge in [0.25, 0.3) is 0 Å². The Balaban J connectivity index is 2.21. The van der Waals surface area contributed by atoms with Gasteiger partial charge in [-0.2, -0.15) is 13.2 Å². The second-order valence-corrected chi connectivity index (χ2v) is 5.19. The summed E-state index contributed by atoms with van der Waals surface area (Å²) in [4.78, 5) is 11.0. The van der Waals surface area contributed by atoms with Crippen LogP contribution in [0.2, 0.25) is 0 Å². The van der Waals surface area contributed by atoms with Crippen molar-refractivity contribution in [2.75, 3.05) is 11.9 Å². The predicted octanol–water partition coefficient (Wildman–Crippen LogP) is 2.10. The van der Waals surface area contributed by atoms with E-state index in [4.69, 9.17) is 11.5 Å². The molecule has 4 nitrogen and oxygen atoms in total. The van der Waals surface area contributed by atoms with Crippen LogP contribution in [0.1, 0.15) is 35.2 Å². The van der Waals surface area contributed by atoms with E-state index in [9.17, 15) is 18.0 Å². The number of carbonyl (C=O) groups excluding carboxylic acids is 1. The SMILES string of the molecule is NC(=O)c1ccc(NCC2(N)CCC2)cc1C(F)(F)F. The Morgan fingerprint density at radius 3 is 2.45 bits per heavy atom. The van der Waals surface area contributed by atoms with Crippen molar-refractivity contribution in [2.24, 2.45) is 11.5 Å². The Bertz CT molecular complexity index is 524. The molecule has 1 aromatic carbocycles. The maximum Gasteiger partial charge on any atom is 0.417 e. The summed E-state index contributed by atoms with van der Waals surface area (Å²) in [7, 11) is 0. The highest BCUT2D eigenvalue weighted by atomic mass is 19.4. The molecule has 0 aromatic heterocycles. The largest absolute Gasteiger partial charge is 0.417 e. The lowest BCUT2D eigenvalue weighted by atomic mass is 9.78.